The summed E-state index contributed by atoms with van der Waals surface area (Å²) in [4.78, 5) is 8.25. The fourth-order valence-corrected chi connectivity index (χ4v) is 3.76. The number of H-pyrrole nitrogens is 1. The number of benzene rings is 2. The van der Waals surface area contributed by atoms with Gasteiger partial charge in [-0.3, -0.25) is 0 Å². The molecule has 1 saturated heterocycles. The van der Waals surface area contributed by atoms with Crippen LogP contribution in [0.4, 0.5) is 0 Å². The number of aliphatic imine (C=N–C) groups is 1. The van der Waals surface area contributed by atoms with Gasteiger partial charge in [-0.15, -0.1) is 24.0 Å². The number of rotatable bonds is 8. The van der Waals surface area contributed by atoms with E-state index in [1.807, 2.05) is 6.07 Å². The van der Waals surface area contributed by atoms with Crippen LogP contribution in [0.2, 0.25) is 0 Å². The van der Waals surface area contributed by atoms with Crippen molar-refractivity contribution in [3.8, 4) is 5.75 Å². The number of hydrogen-bond donors (Lipinski definition) is 3. The Labute approximate surface area is 207 Å². The molecule has 1 aromatic heterocycles. The lowest BCUT2D eigenvalue weighted by Gasteiger charge is -2.15. The number of nitrogens with zero attached hydrogens (tertiary/aromatic N) is 1. The SMILES string of the molecule is CCNC(=NCc1ccc(C)cc1OCC1CCOC1)NCc1cc2ccccc2[nH]1.I. The van der Waals surface area contributed by atoms with Crippen LogP contribution in [-0.4, -0.2) is 37.3 Å². The Kier molecular flexibility index (Phi) is 9.23. The van der Waals surface area contributed by atoms with Gasteiger partial charge in [-0.1, -0.05) is 30.3 Å². The number of ether oxygens (including phenoxy) is 2. The molecule has 6 nitrogen and oxygen atoms in total. The Morgan fingerprint density at radius 2 is 2.06 bits per heavy atom. The molecule has 172 valence electrons. The maximum atomic E-state index is 6.16. The van der Waals surface area contributed by atoms with E-state index < -0.39 is 0 Å². The van der Waals surface area contributed by atoms with E-state index in [-0.39, 0.29) is 24.0 Å². The van der Waals surface area contributed by atoms with Gasteiger partial charge in [-0.2, -0.15) is 0 Å². The molecule has 1 unspecified atom stereocenters. The molecule has 0 bridgehead atoms. The largest absolute Gasteiger partial charge is 0.493 e. The summed E-state index contributed by atoms with van der Waals surface area (Å²) in [5, 5.41) is 7.98. The van der Waals surface area contributed by atoms with Crippen molar-refractivity contribution < 1.29 is 9.47 Å². The minimum atomic E-state index is 0. The number of para-hydroxylation sites is 1. The van der Waals surface area contributed by atoms with Gasteiger partial charge in [-0.05, 0) is 49.4 Å². The van der Waals surface area contributed by atoms with Gasteiger partial charge >= 0.3 is 0 Å². The molecule has 1 aliphatic rings. The van der Waals surface area contributed by atoms with Crippen LogP contribution in [0.1, 0.15) is 30.2 Å². The van der Waals surface area contributed by atoms with Crippen molar-refractivity contribution in [2.24, 2.45) is 10.9 Å². The molecule has 1 atom stereocenters. The molecule has 2 aromatic carbocycles. The molecular formula is C25H33IN4O2. The maximum absolute atomic E-state index is 6.16. The van der Waals surface area contributed by atoms with Crippen molar-refractivity contribution in [3.63, 3.8) is 0 Å². The zero-order chi connectivity index (χ0) is 21.5. The van der Waals surface area contributed by atoms with Crippen molar-refractivity contribution in [1.29, 1.82) is 0 Å². The summed E-state index contributed by atoms with van der Waals surface area (Å²) in [6, 6.07) is 16.8. The Balaban J connectivity index is 0.00000289. The molecule has 7 heteroatoms. The summed E-state index contributed by atoms with van der Waals surface area (Å²) in [6.45, 7) is 8.53. The Morgan fingerprint density at radius 3 is 2.84 bits per heavy atom. The number of nitrogens with one attached hydrogen (secondary N) is 3. The summed E-state index contributed by atoms with van der Waals surface area (Å²) in [7, 11) is 0. The Bertz CT molecular complexity index is 995. The summed E-state index contributed by atoms with van der Waals surface area (Å²) < 4.78 is 11.6. The van der Waals surface area contributed by atoms with Crippen molar-refractivity contribution in [2.45, 2.75) is 33.4 Å². The van der Waals surface area contributed by atoms with E-state index in [0.29, 0.717) is 25.6 Å². The lowest BCUT2D eigenvalue weighted by atomic mass is 10.1. The van der Waals surface area contributed by atoms with Crippen LogP contribution in [0.15, 0.2) is 53.5 Å². The highest BCUT2D eigenvalue weighted by Gasteiger charge is 2.17. The van der Waals surface area contributed by atoms with Gasteiger partial charge in [0.05, 0.1) is 26.3 Å². The number of aromatic amines is 1. The van der Waals surface area contributed by atoms with Crippen molar-refractivity contribution in [1.82, 2.24) is 15.6 Å². The third-order valence-corrected chi connectivity index (χ3v) is 5.50. The first-order chi connectivity index (χ1) is 15.2. The number of hydrogen-bond acceptors (Lipinski definition) is 3. The molecule has 1 aliphatic heterocycles. The van der Waals surface area contributed by atoms with Crippen LogP contribution < -0.4 is 15.4 Å². The molecule has 0 spiro atoms. The highest BCUT2D eigenvalue weighted by atomic mass is 127. The first-order valence-corrected chi connectivity index (χ1v) is 11.1. The molecule has 0 amide bonds. The predicted octanol–water partition coefficient (Wildman–Crippen LogP) is 4.76. The second-order valence-electron chi connectivity index (χ2n) is 8.08. The van der Waals surface area contributed by atoms with Crippen LogP contribution in [0, 0.1) is 12.8 Å². The quantitative estimate of drug-likeness (QED) is 0.216. The topological polar surface area (TPSA) is 70.7 Å². The summed E-state index contributed by atoms with van der Waals surface area (Å²) in [5.74, 6) is 2.19. The first kappa shape index (κ1) is 24.4. The van der Waals surface area contributed by atoms with Crippen molar-refractivity contribution >= 4 is 40.8 Å². The van der Waals surface area contributed by atoms with Gasteiger partial charge in [-0.25, -0.2) is 4.99 Å². The normalized spacial score (nSPS) is 16.1. The predicted molar refractivity (Wildman–Crippen MR) is 141 cm³/mol. The number of halogens is 1. The van der Waals surface area contributed by atoms with Crippen LogP contribution in [-0.2, 0) is 17.8 Å². The van der Waals surface area contributed by atoms with Gasteiger partial charge in [0.25, 0.3) is 0 Å². The third kappa shape index (κ3) is 6.62. The van der Waals surface area contributed by atoms with Crippen LogP contribution in [0.3, 0.4) is 0 Å². The second-order valence-corrected chi connectivity index (χ2v) is 8.08. The minimum absolute atomic E-state index is 0. The summed E-state index contributed by atoms with van der Waals surface area (Å²) >= 11 is 0. The zero-order valence-electron chi connectivity index (χ0n) is 18.8. The number of guanidine groups is 1. The zero-order valence-corrected chi connectivity index (χ0v) is 21.1. The molecule has 2 heterocycles. The van der Waals surface area contributed by atoms with Gasteiger partial charge in [0.1, 0.15) is 5.75 Å². The molecule has 3 N–H and O–H groups in total. The molecule has 1 fully saturated rings. The average Bonchev–Trinajstić information content (AvgIpc) is 3.44. The van der Waals surface area contributed by atoms with E-state index in [0.717, 1.165) is 54.7 Å². The highest BCUT2D eigenvalue weighted by molar-refractivity contribution is 14.0. The number of aryl methyl sites for hydroxylation is 1. The van der Waals surface area contributed by atoms with E-state index in [1.54, 1.807) is 0 Å². The van der Waals surface area contributed by atoms with E-state index in [4.69, 9.17) is 14.5 Å². The van der Waals surface area contributed by atoms with E-state index in [1.165, 1.54) is 10.9 Å². The fraction of sp³-hybridized carbons (Fsp3) is 0.400. The second kappa shape index (κ2) is 12.1. The third-order valence-electron chi connectivity index (χ3n) is 5.50. The standard InChI is InChI=1S/C25H32N4O2.HI/c1-3-26-25(28-15-22-13-20-6-4-5-7-23(20)29-22)27-14-21-9-8-18(2)12-24(21)31-17-19-10-11-30-16-19;/h4-9,12-13,19,29H,3,10-11,14-17H2,1-2H3,(H2,26,27,28);1H. The molecule has 0 aliphatic carbocycles. The number of aromatic nitrogens is 1. The lowest BCUT2D eigenvalue weighted by Crippen LogP contribution is -2.36. The molecule has 4 rings (SSSR count). The highest BCUT2D eigenvalue weighted by Crippen LogP contribution is 2.23. The van der Waals surface area contributed by atoms with Gasteiger partial charge < -0.3 is 25.1 Å². The van der Waals surface area contributed by atoms with Gasteiger partial charge in [0.15, 0.2) is 5.96 Å². The minimum Gasteiger partial charge on any atom is -0.493 e. The molecular weight excluding hydrogens is 515 g/mol. The monoisotopic (exact) mass is 548 g/mol. The Hall–Kier alpha value is -2.26. The van der Waals surface area contributed by atoms with Crippen LogP contribution in [0.5, 0.6) is 5.75 Å². The van der Waals surface area contributed by atoms with Crippen molar-refractivity contribution in [2.75, 3.05) is 26.4 Å². The summed E-state index contributed by atoms with van der Waals surface area (Å²) in [5.41, 5.74) is 4.56. The number of fused-ring (bicyclic) bond motifs is 1. The lowest BCUT2D eigenvalue weighted by molar-refractivity contribution is 0.166. The first-order valence-electron chi connectivity index (χ1n) is 11.1. The summed E-state index contributed by atoms with van der Waals surface area (Å²) in [6.07, 6.45) is 1.07. The van der Waals surface area contributed by atoms with Crippen LogP contribution in [0.25, 0.3) is 10.9 Å². The van der Waals surface area contributed by atoms with Gasteiger partial charge in [0, 0.05) is 35.8 Å². The fourth-order valence-electron chi connectivity index (χ4n) is 3.76. The van der Waals surface area contributed by atoms with Crippen LogP contribution >= 0.6 is 24.0 Å². The molecule has 32 heavy (non-hydrogen) atoms. The molecule has 0 saturated carbocycles. The molecule has 3 aromatic rings. The maximum Gasteiger partial charge on any atom is 0.191 e. The Morgan fingerprint density at radius 1 is 1.19 bits per heavy atom. The van der Waals surface area contributed by atoms with E-state index in [2.05, 4.69) is 71.9 Å². The molecule has 0 radical (unpaired) electrons. The van der Waals surface area contributed by atoms with E-state index >= 15 is 0 Å². The smallest absolute Gasteiger partial charge is 0.191 e. The average molecular weight is 548 g/mol. The van der Waals surface area contributed by atoms with Gasteiger partial charge in [0.2, 0.25) is 0 Å². The van der Waals surface area contributed by atoms with E-state index in [9.17, 15) is 0 Å². The van der Waals surface area contributed by atoms with Crippen molar-refractivity contribution in [3.05, 3.63) is 65.4 Å².